The Morgan fingerprint density at radius 1 is 1.42 bits per heavy atom. The number of halogens is 1. The number of nitrogens with zero attached hydrogens (tertiary/aromatic N) is 2. The molecule has 0 amide bonds. The lowest BCUT2D eigenvalue weighted by atomic mass is 10.4. The van der Waals surface area contributed by atoms with E-state index in [9.17, 15) is 0 Å². The number of imidazole rings is 1. The summed E-state index contributed by atoms with van der Waals surface area (Å²) in [6.07, 6.45) is 5.08. The van der Waals surface area contributed by atoms with Gasteiger partial charge in [0, 0.05) is 12.4 Å². The third kappa shape index (κ3) is 1.43. The van der Waals surface area contributed by atoms with Crippen molar-refractivity contribution < 1.29 is 0 Å². The lowest BCUT2D eigenvalue weighted by Crippen LogP contribution is -1.77. The molecule has 0 N–H and O–H groups in total. The van der Waals surface area contributed by atoms with Crippen LogP contribution in [0.15, 0.2) is 30.6 Å². The van der Waals surface area contributed by atoms with Crippen molar-refractivity contribution in [1.82, 2.24) is 9.38 Å². The van der Waals surface area contributed by atoms with Gasteiger partial charge in [-0.25, -0.2) is 4.98 Å². The Morgan fingerprint density at radius 3 is 2.92 bits per heavy atom. The molecule has 0 bridgehead atoms. The van der Waals surface area contributed by atoms with Crippen LogP contribution in [-0.4, -0.2) is 9.38 Å². The maximum Gasteiger partial charge on any atom is 0.136 e. The fourth-order valence-electron chi connectivity index (χ4n) is 1.16. The summed E-state index contributed by atoms with van der Waals surface area (Å²) in [5.41, 5.74) is 2.18. The molecule has 64 valence electrons. The molecule has 2 aromatic rings. The van der Waals surface area contributed by atoms with Gasteiger partial charge < -0.3 is 4.40 Å². The Kier molecular flexibility index (Phi) is 2.71. The Hall–Kier alpha value is -1.02. The molecule has 2 aromatic heterocycles. The Bertz CT molecular complexity index is 334. The van der Waals surface area contributed by atoms with Crippen LogP contribution in [0.3, 0.4) is 0 Å². The van der Waals surface area contributed by atoms with Gasteiger partial charge in [-0.15, -0.1) is 12.4 Å². The summed E-state index contributed by atoms with van der Waals surface area (Å²) >= 11 is 0. The molecular formula is C9H11ClN2. The summed E-state index contributed by atoms with van der Waals surface area (Å²) in [4.78, 5) is 4.39. The zero-order valence-electron chi connectivity index (χ0n) is 6.90. The zero-order chi connectivity index (χ0) is 7.68. The highest BCUT2D eigenvalue weighted by Gasteiger charge is 1.95. The molecule has 0 aliphatic heterocycles. The molecule has 0 saturated heterocycles. The fraction of sp³-hybridized carbons (Fsp3) is 0.222. The molecule has 2 heterocycles. The highest BCUT2D eigenvalue weighted by molar-refractivity contribution is 5.85. The number of aryl methyl sites for hydroxylation is 1. The van der Waals surface area contributed by atoms with Crippen molar-refractivity contribution in [3.05, 3.63) is 36.3 Å². The summed E-state index contributed by atoms with van der Waals surface area (Å²) in [7, 11) is 0. The number of fused-ring (bicyclic) bond motifs is 1. The summed E-state index contributed by atoms with van der Waals surface area (Å²) < 4.78 is 2.04. The SMILES string of the molecule is CCc1cn2ccccc2n1.Cl. The largest absolute Gasteiger partial charge is 0.307 e. The quantitative estimate of drug-likeness (QED) is 0.662. The van der Waals surface area contributed by atoms with Crippen LogP contribution >= 0.6 is 12.4 Å². The van der Waals surface area contributed by atoms with Crippen molar-refractivity contribution in [2.45, 2.75) is 13.3 Å². The number of hydrogen-bond acceptors (Lipinski definition) is 1. The molecule has 0 saturated carbocycles. The molecule has 2 nitrogen and oxygen atoms in total. The average molecular weight is 183 g/mol. The van der Waals surface area contributed by atoms with E-state index in [0.717, 1.165) is 17.8 Å². The molecule has 12 heavy (non-hydrogen) atoms. The van der Waals surface area contributed by atoms with E-state index in [4.69, 9.17) is 0 Å². The molecule has 0 radical (unpaired) electrons. The molecule has 0 atom stereocenters. The van der Waals surface area contributed by atoms with E-state index in [2.05, 4.69) is 18.1 Å². The minimum Gasteiger partial charge on any atom is -0.307 e. The normalized spacial score (nSPS) is 9.75. The second kappa shape index (κ2) is 3.59. The first kappa shape index (κ1) is 9.07. The van der Waals surface area contributed by atoms with Gasteiger partial charge in [0.1, 0.15) is 5.65 Å². The van der Waals surface area contributed by atoms with E-state index in [1.807, 2.05) is 28.8 Å². The Balaban J connectivity index is 0.000000720. The highest BCUT2D eigenvalue weighted by atomic mass is 35.5. The first-order chi connectivity index (χ1) is 5.40. The zero-order valence-corrected chi connectivity index (χ0v) is 7.71. The van der Waals surface area contributed by atoms with Crippen LogP contribution in [0.5, 0.6) is 0 Å². The van der Waals surface area contributed by atoms with Crippen LogP contribution in [-0.2, 0) is 6.42 Å². The van der Waals surface area contributed by atoms with Gasteiger partial charge in [0.2, 0.25) is 0 Å². The van der Waals surface area contributed by atoms with E-state index >= 15 is 0 Å². The number of pyridine rings is 1. The van der Waals surface area contributed by atoms with Crippen molar-refractivity contribution in [2.75, 3.05) is 0 Å². The van der Waals surface area contributed by atoms with Crippen molar-refractivity contribution >= 4 is 18.1 Å². The van der Waals surface area contributed by atoms with E-state index < -0.39 is 0 Å². The highest BCUT2D eigenvalue weighted by Crippen LogP contribution is 2.03. The molecule has 0 spiro atoms. The summed E-state index contributed by atoms with van der Waals surface area (Å²) in [5, 5.41) is 0. The molecule has 0 unspecified atom stereocenters. The summed E-state index contributed by atoms with van der Waals surface area (Å²) in [6, 6.07) is 6.02. The maximum absolute atomic E-state index is 4.39. The van der Waals surface area contributed by atoms with Crippen LogP contribution in [0, 0.1) is 0 Å². The fourth-order valence-corrected chi connectivity index (χ4v) is 1.16. The van der Waals surface area contributed by atoms with Gasteiger partial charge in [-0.3, -0.25) is 0 Å². The topological polar surface area (TPSA) is 17.3 Å². The van der Waals surface area contributed by atoms with Gasteiger partial charge in [0.05, 0.1) is 5.69 Å². The van der Waals surface area contributed by atoms with Crippen molar-refractivity contribution in [3.8, 4) is 0 Å². The summed E-state index contributed by atoms with van der Waals surface area (Å²) in [6.45, 7) is 2.11. The monoisotopic (exact) mass is 182 g/mol. The predicted molar refractivity (Wildman–Crippen MR) is 51.8 cm³/mol. The third-order valence-corrected chi connectivity index (χ3v) is 1.78. The molecule has 0 aromatic carbocycles. The van der Waals surface area contributed by atoms with Gasteiger partial charge in [0.15, 0.2) is 0 Å². The standard InChI is InChI=1S/C9H10N2.ClH/c1-2-8-7-11-6-4-3-5-9(11)10-8;/h3-7H,2H2,1H3;1H. The Labute approximate surface area is 77.7 Å². The smallest absolute Gasteiger partial charge is 0.136 e. The minimum atomic E-state index is 0. The maximum atomic E-state index is 4.39. The number of hydrogen-bond donors (Lipinski definition) is 0. The number of aromatic nitrogens is 2. The van der Waals surface area contributed by atoms with Gasteiger partial charge in [0.25, 0.3) is 0 Å². The second-order valence-corrected chi connectivity index (χ2v) is 2.55. The van der Waals surface area contributed by atoms with Crippen LogP contribution in [0.25, 0.3) is 5.65 Å². The predicted octanol–water partition coefficient (Wildman–Crippen LogP) is 2.32. The number of rotatable bonds is 1. The summed E-state index contributed by atoms with van der Waals surface area (Å²) in [5.74, 6) is 0. The first-order valence-electron chi connectivity index (χ1n) is 3.83. The van der Waals surface area contributed by atoms with Gasteiger partial charge in [-0.2, -0.15) is 0 Å². The van der Waals surface area contributed by atoms with E-state index in [1.54, 1.807) is 0 Å². The van der Waals surface area contributed by atoms with Crippen LogP contribution in [0.4, 0.5) is 0 Å². The van der Waals surface area contributed by atoms with E-state index in [-0.39, 0.29) is 12.4 Å². The molecule has 0 aliphatic rings. The van der Waals surface area contributed by atoms with E-state index in [0.29, 0.717) is 0 Å². The van der Waals surface area contributed by atoms with Crippen molar-refractivity contribution in [3.63, 3.8) is 0 Å². The molecule has 2 rings (SSSR count). The lowest BCUT2D eigenvalue weighted by Gasteiger charge is -1.86. The van der Waals surface area contributed by atoms with Crippen molar-refractivity contribution in [1.29, 1.82) is 0 Å². The average Bonchev–Trinajstić information content (AvgIpc) is 2.46. The lowest BCUT2D eigenvalue weighted by molar-refractivity contribution is 1.07. The van der Waals surface area contributed by atoms with Crippen LogP contribution in [0.2, 0.25) is 0 Å². The van der Waals surface area contributed by atoms with Gasteiger partial charge >= 0.3 is 0 Å². The molecule has 3 heteroatoms. The third-order valence-electron chi connectivity index (χ3n) is 1.78. The van der Waals surface area contributed by atoms with Crippen LogP contribution < -0.4 is 0 Å². The van der Waals surface area contributed by atoms with Gasteiger partial charge in [-0.1, -0.05) is 13.0 Å². The first-order valence-corrected chi connectivity index (χ1v) is 3.83. The molecule has 0 fully saturated rings. The minimum absolute atomic E-state index is 0. The molecule has 0 aliphatic carbocycles. The Morgan fingerprint density at radius 2 is 2.25 bits per heavy atom. The van der Waals surface area contributed by atoms with Crippen molar-refractivity contribution in [2.24, 2.45) is 0 Å². The second-order valence-electron chi connectivity index (χ2n) is 2.55. The van der Waals surface area contributed by atoms with Crippen LogP contribution in [0.1, 0.15) is 12.6 Å². The van der Waals surface area contributed by atoms with Gasteiger partial charge in [-0.05, 0) is 18.6 Å². The van der Waals surface area contributed by atoms with E-state index in [1.165, 1.54) is 0 Å². The molecular weight excluding hydrogens is 172 g/mol.